The molecule has 2 amide bonds. The molecule has 4 aliphatic rings. The van der Waals surface area contributed by atoms with Gasteiger partial charge in [0.25, 0.3) is 5.91 Å². The maximum absolute atomic E-state index is 14.8. The molecular formula is C33H35N5O6. The van der Waals surface area contributed by atoms with E-state index in [-0.39, 0.29) is 25.7 Å². The van der Waals surface area contributed by atoms with Gasteiger partial charge in [0.2, 0.25) is 5.91 Å². The lowest BCUT2D eigenvalue weighted by Gasteiger charge is -2.40. The minimum Gasteiger partial charge on any atom is -0.465 e. The fourth-order valence-corrected chi connectivity index (χ4v) is 7.54. The van der Waals surface area contributed by atoms with Crippen molar-refractivity contribution in [3.05, 3.63) is 84.5 Å². The number of likely N-dealkylation sites (tertiary alicyclic amines) is 1. The summed E-state index contributed by atoms with van der Waals surface area (Å²) in [6.07, 6.45) is 9.28. The number of hydrogen-bond acceptors (Lipinski definition) is 8. The quantitative estimate of drug-likeness (QED) is 0.340. The Morgan fingerprint density at radius 3 is 2.59 bits per heavy atom. The standard InChI is InChI=1S/C33H35N5O6/c1-2-32-16-9-4-10-19-43-31(42)27(32)26-29(40)38(25(20-39)22-12-5-3-6-13-22)28-30(41)36(18-11-17-33(26,28)44-32)21-37-24-15-8-7-14-23(24)34-35-37/h3,5-9,11-17,25-28,39H,2,4,10,18-21H2,1H3/b16-9-/t25-,26+,27-,28?,32+,33+/m1/s1. The Morgan fingerprint density at radius 2 is 1.80 bits per heavy atom. The number of rotatable bonds is 6. The molecular weight excluding hydrogens is 562 g/mol. The van der Waals surface area contributed by atoms with E-state index in [4.69, 9.17) is 9.47 Å². The molecule has 0 radical (unpaired) electrons. The van der Waals surface area contributed by atoms with Crippen molar-refractivity contribution in [2.24, 2.45) is 11.8 Å². The summed E-state index contributed by atoms with van der Waals surface area (Å²) in [5.74, 6) is -3.30. The molecule has 7 rings (SSSR count). The minimum absolute atomic E-state index is 0.0857. The molecule has 1 aromatic heterocycles. The van der Waals surface area contributed by atoms with Crippen molar-refractivity contribution < 1.29 is 29.0 Å². The molecule has 6 atom stereocenters. The number of allylic oxidation sites excluding steroid dienone is 1. The van der Waals surface area contributed by atoms with E-state index >= 15 is 0 Å². The smallest absolute Gasteiger partial charge is 0.313 e. The Kier molecular flexibility index (Phi) is 7.09. The fourth-order valence-electron chi connectivity index (χ4n) is 7.54. The summed E-state index contributed by atoms with van der Waals surface area (Å²) in [6.45, 7) is 2.04. The predicted molar refractivity (Wildman–Crippen MR) is 158 cm³/mol. The van der Waals surface area contributed by atoms with Gasteiger partial charge in [0.1, 0.15) is 35.3 Å². The number of carbonyl (C=O) groups excluding carboxylic acids is 3. The van der Waals surface area contributed by atoms with Gasteiger partial charge in [0.05, 0.1) is 30.7 Å². The van der Waals surface area contributed by atoms with Crippen molar-refractivity contribution in [1.29, 1.82) is 0 Å². The van der Waals surface area contributed by atoms with Crippen LogP contribution in [0.1, 0.15) is 37.8 Å². The van der Waals surface area contributed by atoms with Crippen LogP contribution < -0.4 is 0 Å². The largest absolute Gasteiger partial charge is 0.465 e. The number of amides is 2. The van der Waals surface area contributed by atoms with Crippen LogP contribution in [0.3, 0.4) is 0 Å². The molecule has 2 aromatic carbocycles. The number of benzene rings is 2. The molecule has 5 heterocycles. The SMILES string of the molecule is CC[C@]12/C=C\CCCOC(=O)[C@H]1[C@H]1C(=O)N([C@H](CO)c3ccccc3)C3C(=O)N(Cn4nnc5ccccc54)CC=C[C@@]31O2. The van der Waals surface area contributed by atoms with Crippen molar-refractivity contribution in [2.45, 2.75) is 56.1 Å². The van der Waals surface area contributed by atoms with Crippen molar-refractivity contribution in [2.75, 3.05) is 19.8 Å². The number of hydrogen-bond donors (Lipinski definition) is 1. The van der Waals surface area contributed by atoms with E-state index in [9.17, 15) is 19.5 Å². The Hall–Kier alpha value is -4.35. The maximum atomic E-state index is 14.8. The lowest BCUT2D eigenvalue weighted by molar-refractivity contribution is -0.163. The van der Waals surface area contributed by atoms with Gasteiger partial charge in [-0.15, -0.1) is 5.10 Å². The van der Waals surface area contributed by atoms with Crippen molar-refractivity contribution in [3.8, 4) is 0 Å². The van der Waals surface area contributed by atoms with E-state index < -0.39 is 53.6 Å². The number of esters is 1. The van der Waals surface area contributed by atoms with E-state index in [1.54, 1.807) is 15.7 Å². The third kappa shape index (κ3) is 4.21. The second-order valence-corrected chi connectivity index (χ2v) is 11.9. The van der Waals surface area contributed by atoms with Gasteiger partial charge in [-0.1, -0.05) is 78.9 Å². The summed E-state index contributed by atoms with van der Waals surface area (Å²) < 4.78 is 14.4. The summed E-state index contributed by atoms with van der Waals surface area (Å²) in [5.41, 5.74) is -0.478. The number of carbonyl (C=O) groups is 3. The van der Waals surface area contributed by atoms with Crippen LogP contribution in [0.5, 0.6) is 0 Å². The first-order valence-electron chi connectivity index (χ1n) is 15.2. The minimum atomic E-state index is -1.47. The van der Waals surface area contributed by atoms with Crippen molar-refractivity contribution in [1.82, 2.24) is 24.8 Å². The summed E-state index contributed by atoms with van der Waals surface area (Å²) >= 11 is 0. The zero-order chi connectivity index (χ0) is 30.5. The number of para-hydroxylation sites is 1. The summed E-state index contributed by atoms with van der Waals surface area (Å²) in [6, 6.07) is 14.6. The molecule has 1 spiro atoms. The molecule has 2 fully saturated rings. The summed E-state index contributed by atoms with van der Waals surface area (Å²) in [5, 5.41) is 19.3. The van der Waals surface area contributed by atoms with Crippen molar-refractivity contribution in [3.63, 3.8) is 0 Å². The van der Waals surface area contributed by atoms with E-state index in [0.717, 1.165) is 5.52 Å². The van der Waals surface area contributed by atoms with Gasteiger partial charge in [-0.3, -0.25) is 14.4 Å². The summed E-state index contributed by atoms with van der Waals surface area (Å²) in [7, 11) is 0. The molecule has 44 heavy (non-hydrogen) atoms. The number of ether oxygens (including phenoxy) is 2. The van der Waals surface area contributed by atoms with Gasteiger partial charge < -0.3 is 24.4 Å². The number of aromatic nitrogens is 3. The van der Waals surface area contributed by atoms with Gasteiger partial charge in [-0.05, 0) is 37.0 Å². The fraction of sp³-hybridized carbons (Fsp3) is 0.424. The van der Waals surface area contributed by atoms with Gasteiger partial charge in [0, 0.05) is 6.54 Å². The predicted octanol–water partition coefficient (Wildman–Crippen LogP) is 2.78. The van der Waals surface area contributed by atoms with Crippen LogP contribution in [0.15, 0.2) is 78.9 Å². The number of aliphatic hydroxyl groups is 1. The first-order valence-corrected chi connectivity index (χ1v) is 15.2. The normalized spacial score (nSPS) is 31.4. The average Bonchev–Trinajstić information content (AvgIpc) is 3.63. The van der Waals surface area contributed by atoms with Crippen LogP contribution in [-0.4, -0.2) is 84.7 Å². The molecule has 228 valence electrons. The number of aliphatic hydroxyl groups excluding tert-OH is 1. The Labute approximate surface area is 254 Å². The lowest BCUT2D eigenvalue weighted by atomic mass is 9.73. The van der Waals surface area contributed by atoms with Crippen LogP contribution in [0.25, 0.3) is 11.0 Å². The molecule has 1 unspecified atom stereocenters. The topological polar surface area (TPSA) is 127 Å². The number of fused-ring (bicyclic) bond motifs is 3. The Morgan fingerprint density at radius 1 is 1.00 bits per heavy atom. The molecule has 4 aliphatic heterocycles. The molecule has 2 saturated heterocycles. The van der Waals surface area contributed by atoms with Gasteiger partial charge in [0.15, 0.2) is 0 Å². The van der Waals surface area contributed by atoms with E-state index in [1.165, 1.54) is 4.90 Å². The number of nitrogens with zero attached hydrogens (tertiary/aromatic N) is 5. The zero-order valence-corrected chi connectivity index (χ0v) is 24.5. The zero-order valence-electron chi connectivity index (χ0n) is 24.5. The summed E-state index contributed by atoms with van der Waals surface area (Å²) in [4.78, 5) is 46.5. The second-order valence-electron chi connectivity index (χ2n) is 11.9. The Balaban J connectivity index is 1.38. The Bertz CT molecular complexity index is 1650. The molecule has 11 nitrogen and oxygen atoms in total. The molecule has 0 aliphatic carbocycles. The molecule has 11 heteroatoms. The van der Waals surface area contributed by atoms with Crippen LogP contribution in [0, 0.1) is 11.8 Å². The first-order chi connectivity index (χ1) is 21.4. The molecule has 3 aromatic rings. The molecule has 0 bridgehead atoms. The monoisotopic (exact) mass is 597 g/mol. The second kappa shape index (κ2) is 11.0. The van der Waals surface area contributed by atoms with E-state index in [2.05, 4.69) is 10.3 Å². The van der Waals surface area contributed by atoms with E-state index in [1.807, 2.05) is 79.7 Å². The van der Waals surface area contributed by atoms with Crippen LogP contribution in [0.4, 0.5) is 0 Å². The van der Waals surface area contributed by atoms with Gasteiger partial charge in [-0.2, -0.15) is 0 Å². The third-order valence-corrected chi connectivity index (χ3v) is 9.57. The van der Waals surface area contributed by atoms with Crippen LogP contribution in [0.2, 0.25) is 0 Å². The highest BCUT2D eigenvalue weighted by Crippen LogP contribution is 2.59. The lowest BCUT2D eigenvalue weighted by Crippen LogP contribution is -2.57. The number of cyclic esters (lactones) is 1. The highest BCUT2D eigenvalue weighted by molar-refractivity contribution is 5.99. The highest BCUT2D eigenvalue weighted by atomic mass is 16.6. The molecule has 0 saturated carbocycles. The van der Waals surface area contributed by atoms with Gasteiger partial charge in [-0.25, -0.2) is 4.68 Å². The molecule has 1 N–H and O–H groups in total. The first kappa shape index (κ1) is 28.4. The van der Waals surface area contributed by atoms with Crippen LogP contribution >= 0.6 is 0 Å². The van der Waals surface area contributed by atoms with Crippen LogP contribution in [-0.2, 0) is 30.5 Å². The van der Waals surface area contributed by atoms with E-state index in [0.29, 0.717) is 30.3 Å². The van der Waals surface area contributed by atoms with Crippen molar-refractivity contribution >= 4 is 28.8 Å². The van der Waals surface area contributed by atoms with Gasteiger partial charge >= 0.3 is 5.97 Å². The highest BCUT2D eigenvalue weighted by Gasteiger charge is 2.76. The third-order valence-electron chi connectivity index (χ3n) is 9.57. The average molecular weight is 598 g/mol. The maximum Gasteiger partial charge on any atom is 0.313 e.